The first-order valence-electron chi connectivity index (χ1n) is 7.16. The van der Waals surface area contributed by atoms with Crippen molar-refractivity contribution in [1.82, 2.24) is 10.2 Å². The fraction of sp³-hybridized carbons (Fsp3) is 0.375. The highest BCUT2D eigenvalue weighted by atomic mass is 35.5. The number of amides is 2. The molecule has 6 heteroatoms. The summed E-state index contributed by atoms with van der Waals surface area (Å²) in [5.41, 5.74) is 0. The Morgan fingerprint density at radius 1 is 1.41 bits per heavy atom. The van der Waals surface area contributed by atoms with E-state index in [-0.39, 0.29) is 17.9 Å². The second kappa shape index (κ2) is 7.11. The second-order valence-electron chi connectivity index (χ2n) is 5.19. The predicted octanol–water partition coefficient (Wildman–Crippen LogP) is 3.54. The fourth-order valence-corrected chi connectivity index (χ4v) is 3.56. The van der Waals surface area contributed by atoms with Gasteiger partial charge in [-0.1, -0.05) is 17.7 Å². The highest BCUT2D eigenvalue weighted by molar-refractivity contribution is 7.20. The zero-order valence-corrected chi connectivity index (χ0v) is 14.4. The fourth-order valence-electron chi connectivity index (χ4n) is 2.29. The summed E-state index contributed by atoms with van der Waals surface area (Å²) in [6, 6.07) is 7.33. The largest absolute Gasteiger partial charge is 0.347 e. The molecule has 0 radical (unpaired) electrons. The minimum Gasteiger partial charge on any atom is -0.347 e. The molecular formula is C16H19ClN2O2S. The van der Waals surface area contributed by atoms with Crippen molar-refractivity contribution in [3.05, 3.63) is 34.2 Å². The molecule has 118 valence electrons. The number of hydrogen-bond acceptors (Lipinski definition) is 3. The monoisotopic (exact) mass is 338 g/mol. The molecule has 2 rings (SSSR count). The number of carbonyl (C=O) groups excluding carboxylic acids is 2. The number of likely N-dealkylation sites (N-methyl/N-ethyl adjacent to an activating group) is 1. The van der Waals surface area contributed by atoms with Gasteiger partial charge in [-0.25, -0.2) is 0 Å². The molecule has 0 aliphatic rings. The Balaban J connectivity index is 2.07. The van der Waals surface area contributed by atoms with Crippen LogP contribution in [0.25, 0.3) is 10.1 Å². The summed E-state index contributed by atoms with van der Waals surface area (Å²) in [5.74, 6) is -0.124. The van der Waals surface area contributed by atoms with Crippen LogP contribution in [0, 0.1) is 0 Å². The third-order valence-electron chi connectivity index (χ3n) is 3.43. The first-order chi connectivity index (χ1) is 10.4. The Hall–Kier alpha value is -1.59. The van der Waals surface area contributed by atoms with Crippen LogP contribution < -0.4 is 5.32 Å². The summed E-state index contributed by atoms with van der Waals surface area (Å²) in [4.78, 5) is 26.1. The molecule has 1 aromatic heterocycles. The van der Waals surface area contributed by atoms with Crippen LogP contribution in [0.15, 0.2) is 24.3 Å². The predicted molar refractivity (Wildman–Crippen MR) is 91.7 cm³/mol. The maximum absolute atomic E-state index is 12.3. The average Bonchev–Trinajstić information content (AvgIpc) is 2.90. The van der Waals surface area contributed by atoms with Gasteiger partial charge in [0.05, 0.1) is 4.88 Å². The molecular weight excluding hydrogens is 320 g/mol. The number of thiophene rings is 1. The molecule has 0 aliphatic heterocycles. The van der Waals surface area contributed by atoms with Crippen LogP contribution >= 0.6 is 22.9 Å². The van der Waals surface area contributed by atoms with Gasteiger partial charge in [0.15, 0.2) is 0 Å². The first-order valence-corrected chi connectivity index (χ1v) is 8.36. The minimum atomic E-state index is -0.135. The van der Waals surface area contributed by atoms with Gasteiger partial charge in [0, 0.05) is 41.2 Å². The number of rotatable bonds is 5. The Morgan fingerprint density at radius 3 is 2.73 bits per heavy atom. The number of nitrogens with zero attached hydrogens (tertiary/aromatic N) is 1. The lowest BCUT2D eigenvalue weighted by Crippen LogP contribution is -2.43. The van der Waals surface area contributed by atoms with E-state index in [1.54, 1.807) is 4.90 Å². The van der Waals surface area contributed by atoms with E-state index in [4.69, 9.17) is 11.6 Å². The maximum atomic E-state index is 12.3. The summed E-state index contributed by atoms with van der Waals surface area (Å²) < 4.78 is 0.990. The number of carbonyl (C=O) groups is 2. The normalized spacial score (nSPS) is 12.2. The van der Waals surface area contributed by atoms with Gasteiger partial charge < -0.3 is 10.2 Å². The van der Waals surface area contributed by atoms with Crippen molar-refractivity contribution in [1.29, 1.82) is 0 Å². The Bertz CT molecular complexity index is 699. The lowest BCUT2D eigenvalue weighted by molar-refractivity contribution is -0.128. The van der Waals surface area contributed by atoms with Crippen molar-refractivity contribution >= 4 is 44.8 Å². The highest BCUT2D eigenvalue weighted by Crippen LogP contribution is 2.30. The molecule has 2 amide bonds. The number of fused-ring (bicyclic) bond motifs is 1. The van der Waals surface area contributed by atoms with Gasteiger partial charge in [-0.3, -0.25) is 9.59 Å². The Labute approximate surface area is 139 Å². The van der Waals surface area contributed by atoms with Crippen molar-refractivity contribution in [3.8, 4) is 0 Å². The number of nitrogens with one attached hydrogen (secondary N) is 1. The Morgan fingerprint density at radius 2 is 2.14 bits per heavy atom. The van der Waals surface area contributed by atoms with E-state index in [1.807, 2.05) is 38.1 Å². The quantitative estimate of drug-likeness (QED) is 0.906. The highest BCUT2D eigenvalue weighted by Gasteiger charge is 2.16. The topological polar surface area (TPSA) is 49.4 Å². The van der Waals surface area contributed by atoms with Gasteiger partial charge in [0.2, 0.25) is 5.91 Å². The van der Waals surface area contributed by atoms with Crippen molar-refractivity contribution in [2.75, 3.05) is 13.1 Å². The van der Waals surface area contributed by atoms with E-state index in [1.165, 1.54) is 18.3 Å². The zero-order chi connectivity index (χ0) is 16.3. The lowest BCUT2D eigenvalue weighted by atomic mass is 10.2. The van der Waals surface area contributed by atoms with E-state index < -0.39 is 0 Å². The van der Waals surface area contributed by atoms with Gasteiger partial charge >= 0.3 is 0 Å². The molecule has 0 bridgehead atoms. The van der Waals surface area contributed by atoms with Gasteiger partial charge in [-0.05, 0) is 32.0 Å². The van der Waals surface area contributed by atoms with Crippen LogP contribution in [0.2, 0.25) is 5.02 Å². The second-order valence-corrected chi connectivity index (χ2v) is 6.69. The zero-order valence-electron chi connectivity index (χ0n) is 12.9. The molecule has 1 aromatic carbocycles. The summed E-state index contributed by atoms with van der Waals surface area (Å²) in [6.45, 7) is 6.48. The van der Waals surface area contributed by atoms with Gasteiger partial charge in [-0.15, -0.1) is 11.3 Å². The minimum absolute atomic E-state index is 0.0113. The molecule has 1 atom stereocenters. The SMILES string of the molecule is CCN(CC(C)NC(=O)c1cc2c(Cl)cccc2s1)C(C)=O. The van der Waals surface area contributed by atoms with Gasteiger partial charge in [-0.2, -0.15) is 0 Å². The van der Waals surface area contributed by atoms with E-state index >= 15 is 0 Å². The summed E-state index contributed by atoms with van der Waals surface area (Å²) in [6.07, 6.45) is 0. The molecule has 0 aliphatic carbocycles. The lowest BCUT2D eigenvalue weighted by Gasteiger charge is -2.23. The van der Waals surface area contributed by atoms with Crippen LogP contribution in [0.1, 0.15) is 30.4 Å². The smallest absolute Gasteiger partial charge is 0.261 e. The standard InChI is InChI=1S/C16H19ClN2O2S/c1-4-19(11(3)20)9-10(2)18-16(21)15-8-12-13(17)6-5-7-14(12)22-15/h5-8,10H,4,9H2,1-3H3,(H,18,21). The molecule has 0 saturated heterocycles. The van der Waals surface area contributed by atoms with Crippen LogP contribution in [0.5, 0.6) is 0 Å². The van der Waals surface area contributed by atoms with E-state index in [2.05, 4.69) is 5.32 Å². The van der Waals surface area contributed by atoms with Crippen molar-refractivity contribution < 1.29 is 9.59 Å². The average molecular weight is 339 g/mol. The summed E-state index contributed by atoms with van der Waals surface area (Å²) >= 11 is 7.55. The molecule has 1 unspecified atom stereocenters. The van der Waals surface area contributed by atoms with Gasteiger partial charge in [0.25, 0.3) is 5.91 Å². The molecule has 2 aromatic rings. The maximum Gasteiger partial charge on any atom is 0.261 e. The van der Waals surface area contributed by atoms with Crippen molar-refractivity contribution in [2.45, 2.75) is 26.8 Å². The van der Waals surface area contributed by atoms with Crippen LogP contribution in [-0.2, 0) is 4.79 Å². The van der Waals surface area contributed by atoms with Crippen molar-refractivity contribution in [2.24, 2.45) is 0 Å². The molecule has 0 spiro atoms. The number of benzene rings is 1. The van der Waals surface area contributed by atoms with E-state index in [9.17, 15) is 9.59 Å². The van der Waals surface area contributed by atoms with E-state index in [0.29, 0.717) is 23.0 Å². The third kappa shape index (κ3) is 3.78. The Kier molecular flexibility index (Phi) is 5.42. The van der Waals surface area contributed by atoms with Crippen LogP contribution in [0.3, 0.4) is 0 Å². The van der Waals surface area contributed by atoms with Crippen molar-refractivity contribution in [3.63, 3.8) is 0 Å². The molecule has 0 saturated carbocycles. The number of hydrogen-bond donors (Lipinski definition) is 1. The first kappa shape index (κ1) is 16.8. The third-order valence-corrected chi connectivity index (χ3v) is 4.86. The molecule has 1 heterocycles. The molecule has 4 nitrogen and oxygen atoms in total. The van der Waals surface area contributed by atoms with Crippen LogP contribution in [-0.4, -0.2) is 35.8 Å². The number of halogens is 1. The van der Waals surface area contributed by atoms with Crippen LogP contribution in [0.4, 0.5) is 0 Å². The molecule has 1 N–H and O–H groups in total. The molecule has 0 fully saturated rings. The summed E-state index contributed by atoms with van der Waals surface area (Å²) in [7, 11) is 0. The van der Waals surface area contributed by atoms with E-state index in [0.717, 1.165) is 10.1 Å². The van der Waals surface area contributed by atoms with Gasteiger partial charge in [0.1, 0.15) is 0 Å². The summed E-state index contributed by atoms with van der Waals surface area (Å²) in [5, 5.41) is 4.47. The molecule has 22 heavy (non-hydrogen) atoms.